The average Bonchev–Trinajstić information content (AvgIpc) is 3.11. The Balaban J connectivity index is 1.69. The first-order valence-corrected chi connectivity index (χ1v) is 9.76. The summed E-state index contributed by atoms with van der Waals surface area (Å²) in [4.78, 5) is 18.5. The highest BCUT2D eigenvalue weighted by atomic mass is 32.1. The molecular weight excluding hydrogens is 335 g/mol. The van der Waals surface area contributed by atoms with Crippen molar-refractivity contribution < 1.29 is 9.18 Å². The van der Waals surface area contributed by atoms with Crippen LogP contribution < -0.4 is 4.90 Å². The summed E-state index contributed by atoms with van der Waals surface area (Å²) < 4.78 is 13.3. The predicted molar refractivity (Wildman–Crippen MR) is 101 cm³/mol. The Hall–Kier alpha value is -1.72. The summed E-state index contributed by atoms with van der Waals surface area (Å²) in [6.45, 7) is 6.78. The molecule has 1 fully saturated rings. The molecule has 1 aliphatic rings. The molecule has 0 bridgehead atoms. The first kappa shape index (κ1) is 18.1. The number of benzene rings is 1. The Morgan fingerprint density at radius 1 is 1.24 bits per heavy atom. The Labute approximate surface area is 153 Å². The fourth-order valence-electron chi connectivity index (χ4n) is 3.36. The Kier molecular flexibility index (Phi) is 5.86. The van der Waals surface area contributed by atoms with E-state index in [0.717, 1.165) is 38.2 Å². The Morgan fingerprint density at radius 2 is 1.92 bits per heavy atom. The van der Waals surface area contributed by atoms with Crippen LogP contribution in [-0.4, -0.2) is 29.9 Å². The van der Waals surface area contributed by atoms with Gasteiger partial charge < -0.3 is 4.90 Å². The number of carbonyl (C=O) groups excluding carboxylic acids is 1. The first-order chi connectivity index (χ1) is 12.0. The van der Waals surface area contributed by atoms with Crippen molar-refractivity contribution in [1.29, 1.82) is 0 Å². The molecule has 25 heavy (non-hydrogen) atoms. The van der Waals surface area contributed by atoms with E-state index in [2.05, 4.69) is 22.4 Å². The van der Waals surface area contributed by atoms with Crippen molar-refractivity contribution >= 4 is 22.9 Å². The number of nitrogens with zero attached hydrogens (tertiary/aromatic N) is 2. The van der Waals surface area contributed by atoms with Gasteiger partial charge in [0.15, 0.2) is 0 Å². The number of halogens is 1. The summed E-state index contributed by atoms with van der Waals surface area (Å²) in [6.07, 6.45) is 1.89. The van der Waals surface area contributed by atoms with Gasteiger partial charge in [-0.05, 0) is 48.6 Å². The average molecular weight is 360 g/mol. The number of hydrogen-bond donors (Lipinski definition) is 0. The van der Waals surface area contributed by atoms with Crippen LogP contribution in [-0.2, 0) is 11.3 Å². The van der Waals surface area contributed by atoms with Gasteiger partial charge in [-0.1, -0.05) is 19.9 Å². The van der Waals surface area contributed by atoms with Crippen LogP contribution in [0.15, 0.2) is 41.8 Å². The van der Waals surface area contributed by atoms with Gasteiger partial charge in [0.05, 0.1) is 0 Å². The lowest BCUT2D eigenvalue weighted by Gasteiger charge is -2.39. The van der Waals surface area contributed by atoms with Gasteiger partial charge in [0.25, 0.3) is 0 Å². The maximum atomic E-state index is 13.3. The SMILES string of the molecule is CC(C)C(=O)N(c1ccc(F)cc1)C1CCN(Cc2cccs2)CC1. The number of anilines is 1. The fourth-order valence-corrected chi connectivity index (χ4v) is 4.10. The minimum atomic E-state index is -0.272. The van der Waals surface area contributed by atoms with E-state index >= 15 is 0 Å². The van der Waals surface area contributed by atoms with Gasteiger partial charge >= 0.3 is 0 Å². The molecule has 0 aliphatic carbocycles. The summed E-state index contributed by atoms with van der Waals surface area (Å²) in [5.41, 5.74) is 0.803. The number of rotatable bonds is 5. The number of carbonyl (C=O) groups is 1. The molecule has 5 heteroatoms. The Morgan fingerprint density at radius 3 is 2.48 bits per heavy atom. The predicted octanol–water partition coefficient (Wildman–Crippen LogP) is 4.54. The molecule has 1 aliphatic heterocycles. The number of amides is 1. The standard InChI is InChI=1S/C20H25FN2OS/c1-15(2)20(24)23(17-7-5-16(21)6-8-17)18-9-11-22(12-10-18)14-19-4-3-13-25-19/h3-8,13,15,18H,9-12,14H2,1-2H3. The van der Waals surface area contributed by atoms with Crippen LogP contribution in [0.1, 0.15) is 31.6 Å². The van der Waals surface area contributed by atoms with Crippen LogP contribution in [0.25, 0.3) is 0 Å². The molecule has 0 spiro atoms. The van der Waals surface area contributed by atoms with Crippen molar-refractivity contribution in [1.82, 2.24) is 4.90 Å². The minimum Gasteiger partial charge on any atom is -0.309 e. The summed E-state index contributed by atoms with van der Waals surface area (Å²) in [5.74, 6) is -0.232. The fraction of sp³-hybridized carbons (Fsp3) is 0.450. The largest absolute Gasteiger partial charge is 0.309 e. The van der Waals surface area contributed by atoms with Crippen molar-refractivity contribution in [3.8, 4) is 0 Å². The normalized spacial score (nSPS) is 16.3. The number of thiophene rings is 1. The third-order valence-corrected chi connectivity index (χ3v) is 5.58. The smallest absolute Gasteiger partial charge is 0.229 e. The quantitative estimate of drug-likeness (QED) is 0.781. The highest BCUT2D eigenvalue weighted by molar-refractivity contribution is 7.09. The van der Waals surface area contributed by atoms with Crippen LogP contribution in [0.2, 0.25) is 0 Å². The maximum absolute atomic E-state index is 13.3. The van der Waals surface area contributed by atoms with Crippen molar-refractivity contribution in [2.75, 3.05) is 18.0 Å². The summed E-state index contributed by atoms with van der Waals surface area (Å²) in [7, 11) is 0. The van der Waals surface area contributed by atoms with Crippen molar-refractivity contribution in [2.24, 2.45) is 5.92 Å². The van der Waals surface area contributed by atoms with E-state index in [1.54, 1.807) is 23.5 Å². The molecule has 1 aromatic carbocycles. The highest BCUT2D eigenvalue weighted by Gasteiger charge is 2.30. The molecule has 0 saturated carbocycles. The van der Waals surface area contributed by atoms with Crippen LogP contribution in [0.5, 0.6) is 0 Å². The zero-order valence-corrected chi connectivity index (χ0v) is 15.6. The van der Waals surface area contributed by atoms with Crippen LogP contribution >= 0.6 is 11.3 Å². The van der Waals surface area contributed by atoms with Crippen LogP contribution in [0, 0.1) is 11.7 Å². The number of piperidine rings is 1. The molecule has 0 N–H and O–H groups in total. The Bertz CT molecular complexity index is 676. The second kappa shape index (κ2) is 8.11. The van der Waals surface area contributed by atoms with E-state index < -0.39 is 0 Å². The molecular formula is C20H25FN2OS. The molecule has 2 aromatic rings. The maximum Gasteiger partial charge on any atom is 0.229 e. The van der Waals surface area contributed by atoms with E-state index in [-0.39, 0.29) is 23.7 Å². The van der Waals surface area contributed by atoms with E-state index in [0.29, 0.717) is 0 Å². The first-order valence-electron chi connectivity index (χ1n) is 8.88. The molecule has 1 amide bonds. The van der Waals surface area contributed by atoms with Gasteiger partial charge in [-0.25, -0.2) is 4.39 Å². The van der Waals surface area contributed by atoms with Crippen molar-refractivity contribution in [3.63, 3.8) is 0 Å². The third-order valence-electron chi connectivity index (χ3n) is 4.72. The van der Waals surface area contributed by atoms with E-state index in [1.807, 2.05) is 18.7 Å². The lowest BCUT2D eigenvalue weighted by Crippen LogP contribution is -2.48. The van der Waals surface area contributed by atoms with Crippen molar-refractivity contribution in [2.45, 2.75) is 39.3 Å². The lowest BCUT2D eigenvalue weighted by atomic mass is 10.00. The van der Waals surface area contributed by atoms with Gasteiger partial charge in [0.2, 0.25) is 5.91 Å². The van der Waals surface area contributed by atoms with E-state index in [4.69, 9.17) is 0 Å². The number of likely N-dealkylation sites (tertiary alicyclic amines) is 1. The summed E-state index contributed by atoms with van der Waals surface area (Å²) >= 11 is 1.79. The van der Waals surface area contributed by atoms with Crippen LogP contribution in [0.4, 0.5) is 10.1 Å². The second-order valence-corrected chi connectivity index (χ2v) is 7.96. The highest BCUT2D eigenvalue weighted by Crippen LogP contribution is 2.27. The zero-order valence-electron chi connectivity index (χ0n) is 14.8. The molecule has 1 saturated heterocycles. The molecule has 3 rings (SSSR count). The summed E-state index contributed by atoms with van der Waals surface area (Å²) in [6, 6.07) is 10.7. The van der Waals surface area contributed by atoms with E-state index in [1.165, 1.54) is 17.0 Å². The minimum absolute atomic E-state index is 0.0748. The van der Waals surface area contributed by atoms with Gasteiger partial charge in [0.1, 0.15) is 5.82 Å². The van der Waals surface area contributed by atoms with Gasteiger partial charge in [-0.15, -0.1) is 11.3 Å². The molecule has 0 atom stereocenters. The topological polar surface area (TPSA) is 23.6 Å². The molecule has 1 aromatic heterocycles. The van der Waals surface area contributed by atoms with Crippen LogP contribution in [0.3, 0.4) is 0 Å². The molecule has 2 heterocycles. The molecule has 0 radical (unpaired) electrons. The van der Waals surface area contributed by atoms with Gasteiger partial charge in [-0.3, -0.25) is 9.69 Å². The van der Waals surface area contributed by atoms with Crippen molar-refractivity contribution in [3.05, 3.63) is 52.5 Å². The summed E-state index contributed by atoms with van der Waals surface area (Å²) in [5, 5.41) is 2.11. The zero-order chi connectivity index (χ0) is 17.8. The molecule has 134 valence electrons. The van der Waals surface area contributed by atoms with E-state index in [9.17, 15) is 9.18 Å². The lowest BCUT2D eigenvalue weighted by molar-refractivity contribution is -0.122. The third kappa shape index (κ3) is 4.47. The van der Waals surface area contributed by atoms with Gasteiger partial charge in [0, 0.05) is 42.2 Å². The molecule has 0 unspecified atom stereocenters. The second-order valence-electron chi connectivity index (χ2n) is 6.93. The molecule has 3 nitrogen and oxygen atoms in total. The van der Waals surface area contributed by atoms with Gasteiger partial charge in [-0.2, -0.15) is 0 Å². The monoisotopic (exact) mass is 360 g/mol. The number of hydrogen-bond acceptors (Lipinski definition) is 3.